The highest BCUT2D eigenvalue weighted by Gasteiger charge is 2.17. The van der Waals surface area contributed by atoms with E-state index < -0.39 is 11.5 Å². The van der Waals surface area contributed by atoms with Crippen molar-refractivity contribution in [1.29, 1.82) is 0 Å². The second-order valence-corrected chi connectivity index (χ2v) is 5.62. The topological polar surface area (TPSA) is 82.2 Å². The lowest BCUT2D eigenvalue weighted by atomic mass is 10.1. The maximum Gasteiger partial charge on any atom is 0.276 e. The highest BCUT2D eigenvalue weighted by molar-refractivity contribution is 6.42. The minimum Gasteiger partial charge on any atom is -0.505 e. The van der Waals surface area contributed by atoms with Crippen LogP contribution in [-0.2, 0) is 0 Å². The van der Waals surface area contributed by atoms with E-state index in [1.807, 2.05) is 0 Å². The minimum absolute atomic E-state index is 0.222. The number of aromatic nitrogens is 1. The van der Waals surface area contributed by atoms with E-state index in [9.17, 15) is 14.7 Å². The fourth-order valence-electron chi connectivity index (χ4n) is 2.19. The van der Waals surface area contributed by atoms with Crippen LogP contribution < -0.4 is 10.9 Å². The first kappa shape index (κ1) is 15.4. The van der Waals surface area contributed by atoms with Gasteiger partial charge < -0.3 is 15.4 Å². The third-order valence-corrected chi connectivity index (χ3v) is 4.05. The number of pyridine rings is 1. The second-order valence-electron chi connectivity index (χ2n) is 4.81. The summed E-state index contributed by atoms with van der Waals surface area (Å²) in [6, 6.07) is 11.0. The molecule has 0 bridgehead atoms. The average Bonchev–Trinajstić information content (AvgIpc) is 2.54. The van der Waals surface area contributed by atoms with E-state index in [4.69, 9.17) is 23.2 Å². The molecule has 1 amide bonds. The number of anilines is 1. The van der Waals surface area contributed by atoms with Crippen LogP contribution in [-0.4, -0.2) is 16.0 Å². The predicted octanol–water partition coefficient (Wildman–Crippen LogP) is 3.79. The Labute approximate surface area is 140 Å². The van der Waals surface area contributed by atoms with Crippen LogP contribution in [0.3, 0.4) is 0 Å². The van der Waals surface area contributed by atoms with E-state index in [0.29, 0.717) is 21.5 Å². The van der Waals surface area contributed by atoms with Crippen LogP contribution in [0.5, 0.6) is 5.75 Å². The zero-order chi connectivity index (χ0) is 16.6. The van der Waals surface area contributed by atoms with Gasteiger partial charge in [0.1, 0.15) is 0 Å². The standard InChI is InChI=1S/C16H10Cl2N2O3/c17-11-6-5-8(7-12(11)18)19-16(23)13-14(21)9-3-1-2-4-10(9)15(22)20-13/h1-7,21H,(H,19,23)(H,20,22). The molecule has 1 heterocycles. The molecule has 0 radical (unpaired) electrons. The molecule has 3 N–H and O–H groups in total. The molecule has 3 rings (SSSR count). The fraction of sp³-hybridized carbons (Fsp3) is 0. The van der Waals surface area contributed by atoms with Crippen LogP contribution in [0.2, 0.25) is 10.0 Å². The molecule has 0 fully saturated rings. The number of halogens is 2. The average molecular weight is 349 g/mol. The molecule has 0 aliphatic heterocycles. The van der Waals surface area contributed by atoms with Gasteiger partial charge in [-0.05, 0) is 24.3 Å². The van der Waals surface area contributed by atoms with E-state index in [2.05, 4.69) is 10.3 Å². The monoisotopic (exact) mass is 348 g/mol. The van der Waals surface area contributed by atoms with Crippen LogP contribution in [0.4, 0.5) is 5.69 Å². The van der Waals surface area contributed by atoms with Gasteiger partial charge in [0.15, 0.2) is 11.4 Å². The highest BCUT2D eigenvalue weighted by Crippen LogP contribution is 2.27. The molecule has 116 valence electrons. The number of hydrogen-bond acceptors (Lipinski definition) is 3. The summed E-state index contributed by atoms with van der Waals surface area (Å²) in [4.78, 5) is 26.7. The third-order valence-electron chi connectivity index (χ3n) is 3.31. The van der Waals surface area contributed by atoms with Gasteiger partial charge in [-0.3, -0.25) is 9.59 Å². The number of hydrogen-bond donors (Lipinski definition) is 3. The van der Waals surface area contributed by atoms with Crippen LogP contribution >= 0.6 is 23.2 Å². The number of fused-ring (bicyclic) bond motifs is 1. The maximum absolute atomic E-state index is 12.3. The molecule has 0 saturated heterocycles. The lowest BCUT2D eigenvalue weighted by Crippen LogP contribution is -2.19. The van der Waals surface area contributed by atoms with Crippen molar-refractivity contribution in [3.63, 3.8) is 0 Å². The summed E-state index contributed by atoms with van der Waals surface area (Å²) in [6.07, 6.45) is 0. The second kappa shape index (κ2) is 5.95. The number of rotatable bonds is 2. The van der Waals surface area contributed by atoms with E-state index in [0.717, 1.165) is 0 Å². The molecule has 1 aromatic heterocycles. The zero-order valence-electron chi connectivity index (χ0n) is 11.6. The summed E-state index contributed by atoms with van der Waals surface area (Å²) in [5, 5.41) is 14.0. The Morgan fingerprint density at radius 2 is 1.74 bits per heavy atom. The molecule has 0 atom stereocenters. The molecular weight excluding hydrogens is 339 g/mol. The normalized spacial score (nSPS) is 10.7. The molecule has 0 unspecified atom stereocenters. The van der Waals surface area contributed by atoms with Crippen molar-refractivity contribution in [1.82, 2.24) is 4.98 Å². The van der Waals surface area contributed by atoms with Crippen molar-refractivity contribution >= 4 is 45.6 Å². The number of amides is 1. The molecule has 5 nitrogen and oxygen atoms in total. The van der Waals surface area contributed by atoms with E-state index in [1.165, 1.54) is 12.1 Å². The first-order valence-electron chi connectivity index (χ1n) is 6.58. The van der Waals surface area contributed by atoms with Gasteiger partial charge in [-0.15, -0.1) is 0 Å². The number of aromatic hydroxyl groups is 1. The molecule has 0 aliphatic rings. The smallest absolute Gasteiger partial charge is 0.276 e. The van der Waals surface area contributed by atoms with E-state index >= 15 is 0 Å². The summed E-state index contributed by atoms with van der Waals surface area (Å²) in [5.74, 6) is -0.957. The van der Waals surface area contributed by atoms with Gasteiger partial charge in [-0.25, -0.2) is 0 Å². The SMILES string of the molecule is O=C(Nc1ccc(Cl)c(Cl)c1)c1[nH]c(=O)c2ccccc2c1O. The molecule has 0 spiro atoms. The van der Waals surface area contributed by atoms with E-state index in [1.54, 1.807) is 30.3 Å². The summed E-state index contributed by atoms with van der Waals surface area (Å²) < 4.78 is 0. The number of H-pyrrole nitrogens is 1. The Hall–Kier alpha value is -2.50. The Balaban J connectivity index is 2.02. The molecule has 3 aromatic rings. The minimum atomic E-state index is -0.663. The fourth-order valence-corrected chi connectivity index (χ4v) is 2.49. The maximum atomic E-state index is 12.3. The Bertz CT molecular complexity index is 983. The van der Waals surface area contributed by atoms with Crippen molar-refractivity contribution in [2.75, 3.05) is 5.32 Å². The van der Waals surface area contributed by atoms with Crippen LogP contribution in [0.25, 0.3) is 10.8 Å². The first-order valence-corrected chi connectivity index (χ1v) is 7.33. The summed E-state index contributed by atoms with van der Waals surface area (Å²) in [7, 11) is 0. The lowest BCUT2D eigenvalue weighted by molar-refractivity contribution is 0.101. The molecule has 23 heavy (non-hydrogen) atoms. The van der Waals surface area contributed by atoms with Gasteiger partial charge in [0.25, 0.3) is 11.5 Å². The first-order chi connectivity index (χ1) is 11.0. The van der Waals surface area contributed by atoms with Crippen molar-refractivity contribution in [3.8, 4) is 5.75 Å². The van der Waals surface area contributed by atoms with Crippen molar-refractivity contribution in [3.05, 3.63) is 68.6 Å². The number of benzene rings is 2. The van der Waals surface area contributed by atoms with Gasteiger partial charge in [0, 0.05) is 11.1 Å². The number of carbonyl (C=O) groups is 1. The Kier molecular flexibility index (Phi) is 3.98. The summed E-state index contributed by atoms with van der Waals surface area (Å²) >= 11 is 11.7. The summed E-state index contributed by atoms with van der Waals surface area (Å²) in [6.45, 7) is 0. The molecular formula is C16H10Cl2N2O3. The molecule has 7 heteroatoms. The Morgan fingerprint density at radius 1 is 1.04 bits per heavy atom. The number of nitrogens with one attached hydrogen (secondary N) is 2. The summed E-state index contributed by atoms with van der Waals surface area (Å²) in [5.41, 5.74) is -0.296. The van der Waals surface area contributed by atoms with Gasteiger partial charge in [0.05, 0.1) is 15.4 Å². The quantitative estimate of drug-likeness (QED) is 0.658. The molecule has 0 aliphatic carbocycles. The highest BCUT2D eigenvalue weighted by atomic mass is 35.5. The van der Waals surface area contributed by atoms with Gasteiger partial charge >= 0.3 is 0 Å². The lowest BCUT2D eigenvalue weighted by Gasteiger charge is -2.09. The van der Waals surface area contributed by atoms with Crippen LogP contribution in [0, 0.1) is 0 Å². The largest absolute Gasteiger partial charge is 0.505 e. The van der Waals surface area contributed by atoms with E-state index in [-0.39, 0.29) is 16.5 Å². The van der Waals surface area contributed by atoms with Gasteiger partial charge in [0.2, 0.25) is 0 Å². The Morgan fingerprint density at radius 3 is 2.43 bits per heavy atom. The number of aromatic amines is 1. The van der Waals surface area contributed by atoms with Crippen molar-refractivity contribution in [2.45, 2.75) is 0 Å². The van der Waals surface area contributed by atoms with Crippen molar-refractivity contribution < 1.29 is 9.90 Å². The van der Waals surface area contributed by atoms with Gasteiger partial charge in [-0.1, -0.05) is 41.4 Å². The van der Waals surface area contributed by atoms with Crippen LogP contribution in [0.1, 0.15) is 10.5 Å². The molecule has 2 aromatic carbocycles. The third kappa shape index (κ3) is 2.88. The van der Waals surface area contributed by atoms with Crippen LogP contribution in [0.15, 0.2) is 47.3 Å². The molecule has 0 saturated carbocycles. The number of carbonyl (C=O) groups excluding carboxylic acids is 1. The van der Waals surface area contributed by atoms with Crippen molar-refractivity contribution in [2.24, 2.45) is 0 Å². The van der Waals surface area contributed by atoms with Gasteiger partial charge in [-0.2, -0.15) is 0 Å². The zero-order valence-corrected chi connectivity index (χ0v) is 13.1. The predicted molar refractivity (Wildman–Crippen MR) is 90.6 cm³/mol.